The predicted molar refractivity (Wildman–Crippen MR) is 89.2 cm³/mol. The molecule has 0 spiro atoms. The summed E-state index contributed by atoms with van der Waals surface area (Å²) >= 11 is 0. The lowest BCUT2D eigenvalue weighted by molar-refractivity contribution is -0.135. The maximum absolute atomic E-state index is 12.5. The van der Waals surface area contributed by atoms with E-state index < -0.39 is 0 Å². The minimum absolute atomic E-state index is 0. The zero-order chi connectivity index (χ0) is 14.8. The van der Waals surface area contributed by atoms with Crippen molar-refractivity contribution < 1.29 is 9.90 Å². The van der Waals surface area contributed by atoms with Gasteiger partial charge in [-0.15, -0.1) is 12.4 Å². The molecule has 1 aromatic rings. The van der Waals surface area contributed by atoms with Crippen LogP contribution in [0.15, 0.2) is 30.3 Å². The van der Waals surface area contributed by atoms with Gasteiger partial charge in [-0.25, -0.2) is 0 Å². The van der Waals surface area contributed by atoms with Crippen molar-refractivity contribution in [3.8, 4) is 0 Å². The van der Waals surface area contributed by atoms with E-state index in [1.165, 1.54) is 5.56 Å². The van der Waals surface area contributed by atoms with Gasteiger partial charge in [-0.3, -0.25) is 4.79 Å². The molecule has 4 atom stereocenters. The number of amides is 1. The standard InChI is InChI=1S/C17H24N2O2.ClH/c1-12-11-19(17(21)16-9-14(20)10-18-16)8-7-15(12)13-5-3-2-4-6-13;/h2-6,12,14-16,18,20H,7-11H2,1H3;1H. The highest BCUT2D eigenvalue weighted by atomic mass is 35.5. The molecule has 22 heavy (non-hydrogen) atoms. The minimum Gasteiger partial charge on any atom is -0.392 e. The van der Waals surface area contributed by atoms with E-state index in [1.54, 1.807) is 0 Å². The average molecular weight is 325 g/mol. The molecule has 2 fully saturated rings. The number of β-amino-alcohol motifs (C(OH)–C–C–N with tert-alkyl or cyclic N) is 1. The molecule has 1 amide bonds. The number of likely N-dealkylation sites (tertiary alicyclic amines) is 1. The molecule has 2 heterocycles. The van der Waals surface area contributed by atoms with E-state index in [2.05, 4.69) is 36.5 Å². The largest absolute Gasteiger partial charge is 0.392 e. The Hall–Kier alpha value is -1.10. The van der Waals surface area contributed by atoms with E-state index in [4.69, 9.17) is 0 Å². The number of carbonyl (C=O) groups is 1. The van der Waals surface area contributed by atoms with Crippen LogP contribution in [0.1, 0.15) is 31.2 Å². The maximum atomic E-state index is 12.5. The first-order valence-corrected chi connectivity index (χ1v) is 7.90. The van der Waals surface area contributed by atoms with Gasteiger partial charge < -0.3 is 15.3 Å². The Morgan fingerprint density at radius 1 is 1.32 bits per heavy atom. The molecule has 1 aromatic carbocycles. The summed E-state index contributed by atoms with van der Waals surface area (Å²) in [7, 11) is 0. The zero-order valence-corrected chi connectivity index (χ0v) is 13.8. The lowest BCUT2D eigenvalue weighted by Gasteiger charge is -2.38. The van der Waals surface area contributed by atoms with Crippen molar-refractivity contribution >= 4 is 18.3 Å². The van der Waals surface area contributed by atoms with Crippen molar-refractivity contribution in [3.63, 3.8) is 0 Å². The first-order valence-electron chi connectivity index (χ1n) is 7.90. The fourth-order valence-electron chi connectivity index (χ4n) is 3.67. The third-order valence-electron chi connectivity index (χ3n) is 4.85. The van der Waals surface area contributed by atoms with Gasteiger partial charge in [0, 0.05) is 19.6 Å². The van der Waals surface area contributed by atoms with E-state index in [0.717, 1.165) is 19.5 Å². The number of piperidine rings is 1. The van der Waals surface area contributed by atoms with E-state index >= 15 is 0 Å². The number of hydrogen-bond acceptors (Lipinski definition) is 3. The molecule has 4 unspecified atom stereocenters. The number of rotatable bonds is 2. The van der Waals surface area contributed by atoms with Gasteiger partial charge in [0.25, 0.3) is 0 Å². The number of aliphatic hydroxyl groups excluding tert-OH is 1. The molecule has 0 aromatic heterocycles. The van der Waals surface area contributed by atoms with Crippen molar-refractivity contribution in [2.75, 3.05) is 19.6 Å². The Labute approximate surface area is 138 Å². The number of aliphatic hydroxyl groups is 1. The Kier molecular flexibility index (Phi) is 5.84. The predicted octanol–water partition coefficient (Wildman–Crippen LogP) is 1.78. The Bertz CT molecular complexity index is 497. The van der Waals surface area contributed by atoms with Crippen LogP contribution in [0.2, 0.25) is 0 Å². The smallest absolute Gasteiger partial charge is 0.239 e. The van der Waals surface area contributed by atoms with Crippen LogP contribution >= 0.6 is 12.4 Å². The van der Waals surface area contributed by atoms with Gasteiger partial charge in [0.15, 0.2) is 0 Å². The summed E-state index contributed by atoms with van der Waals surface area (Å²) in [6.07, 6.45) is 1.19. The molecule has 0 bridgehead atoms. The molecule has 2 saturated heterocycles. The molecule has 2 aliphatic rings. The molecular formula is C17H25ClN2O2. The van der Waals surface area contributed by atoms with Crippen molar-refractivity contribution in [3.05, 3.63) is 35.9 Å². The number of hydrogen-bond donors (Lipinski definition) is 2. The third kappa shape index (κ3) is 3.62. The quantitative estimate of drug-likeness (QED) is 0.872. The average Bonchev–Trinajstić information content (AvgIpc) is 2.94. The van der Waals surface area contributed by atoms with E-state index in [-0.39, 0.29) is 30.5 Å². The van der Waals surface area contributed by atoms with Gasteiger partial charge in [0.2, 0.25) is 5.91 Å². The van der Waals surface area contributed by atoms with Crippen molar-refractivity contribution in [1.29, 1.82) is 0 Å². The lowest BCUT2D eigenvalue weighted by Crippen LogP contribution is -2.49. The number of nitrogens with zero attached hydrogens (tertiary/aromatic N) is 1. The topological polar surface area (TPSA) is 52.6 Å². The summed E-state index contributed by atoms with van der Waals surface area (Å²) in [4.78, 5) is 14.5. The summed E-state index contributed by atoms with van der Waals surface area (Å²) in [5, 5.41) is 12.7. The SMILES string of the molecule is CC1CN(C(=O)C2CC(O)CN2)CCC1c1ccccc1.Cl. The molecule has 0 aliphatic carbocycles. The molecule has 5 heteroatoms. The Morgan fingerprint density at radius 2 is 2.05 bits per heavy atom. The van der Waals surface area contributed by atoms with Gasteiger partial charge in [0.1, 0.15) is 0 Å². The van der Waals surface area contributed by atoms with Crippen molar-refractivity contribution in [1.82, 2.24) is 10.2 Å². The van der Waals surface area contributed by atoms with E-state index in [9.17, 15) is 9.90 Å². The van der Waals surface area contributed by atoms with Crippen LogP contribution in [0.4, 0.5) is 0 Å². The second-order valence-corrected chi connectivity index (χ2v) is 6.42. The molecule has 2 aliphatic heterocycles. The Morgan fingerprint density at radius 3 is 2.64 bits per heavy atom. The second-order valence-electron chi connectivity index (χ2n) is 6.42. The fraction of sp³-hybridized carbons (Fsp3) is 0.588. The van der Waals surface area contributed by atoms with Crippen molar-refractivity contribution in [2.45, 2.75) is 37.8 Å². The van der Waals surface area contributed by atoms with Gasteiger partial charge in [-0.05, 0) is 30.2 Å². The van der Waals surface area contributed by atoms with Crippen LogP contribution < -0.4 is 5.32 Å². The number of carbonyl (C=O) groups excluding carboxylic acids is 1. The second kappa shape index (κ2) is 7.44. The molecule has 122 valence electrons. The summed E-state index contributed by atoms with van der Waals surface area (Å²) in [5.74, 6) is 1.17. The first-order chi connectivity index (χ1) is 10.1. The first kappa shape index (κ1) is 17.3. The molecule has 3 rings (SSSR count). The summed E-state index contributed by atoms with van der Waals surface area (Å²) in [6.45, 7) is 4.39. The number of benzene rings is 1. The highest BCUT2D eigenvalue weighted by Crippen LogP contribution is 2.33. The van der Waals surface area contributed by atoms with Crippen LogP contribution in [-0.4, -0.2) is 47.7 Å². The summed E-state index contributed by atoms with van der Waals surface area (Å²) < 4.78 is 0. The molecule has 0 saturated carbocycles. The van der Waals surface area contributed by atoms with Gasteiger partial charge in [-0.2, -0.15) is 0 Å². The summed E-state index contributed by atoms with van der Waals surface area (Å²) in [6, 6.07) is 10.4. The molecular weight excluding hydrogens is 300 g/mol. The van der Waals surface area contributed by atoms with Crippen LogP contribution in [-0.2, 0) is 4.79 Å². The third-order valence-corrected chi connectivity index (χ3v) is 4.85. The fourth-order valence-corrected chi connectivity index (χ4v) is 3.67. The number of halogens is 1. The normalized spacial score (nSPS) is 31.6. The van der Waals surface area contributed by atoms with Crippen LogP contribution in [0, 0.1) is 5.92 Å². The van der Waals surface area contributed by atoms with Crippen LogP contribution in [0.3, 0.4) is 0 Å². The molecule has 2 N–H and O–H groups in total. The van der Waals surface area contributed by atoms with Gasteiger partial charge >= 0.3 is 0 Å². The molecule has 4 nitrogen and oxygen atoms in total. The highest BCUT2D eigenvalue weighted by Gasteiger charge is 2.35. The monoisotopic (exact) mass is 324 g/mol. The minimum atomic E-state index is -0.377. The van der Waals surface area contributed by atoms with Gasteiger partial charge in [0.05, 0.1) is 12.1 Å². The zero-order valence-electron chi connectivity index (χ0n) is 12.9. The van der Waals surface area contributed by atoms with Gasteiger partial charge in [-0.1, -0.05) is 37.3 Å². The van der Waals surface area contributed by atoms with Crippen molar-refractivity contribution in [2.24, 2.45) is 5.92 Å². The highest BCUT2D eigenvalue weighted by molar-refractivity contribution is 5.85. The number of nitrogens with one attached hydrogen (secondary N) is 1. The molecule has 0 radical (unpaired) electrons. The van der Waals surface area contributed by atoms with Crippen LogP contribution in [0.5, 0.6) is 0 Å². The maximum Gasteiger partial charge on any atom is 0.239 e. The lowest BCUT2D eigenvalue weighted by atomic mass is 9.81. The van der Waals surface area contributed by atoms with E-state index in [1.807, 2.05) is 11.0 Å². The van der Waals surface area contributed by atoms with E-state index in [0.29, 0.717) is 24.8 Å². The summed E-state index contributed by atoms with van der Waals surface area (Å²) in [5.41, 5.74) is 1.38. The Balaban J connectivity index is 0.00000176. The van der Waals surface area contributed by atoms with Crippen LogP contribution in [0.25, 0.3) is 0 Å².